The third kappa shape index (κ3) is 5.04. The molecule has 0 atom stereocenters. The van der Waals surface area contributed by atoms with Gasteiger partial charge in [0.25, 0.3) is 0 Å². The SMILES string of the molecule is COc1ccc(CC(=O)N(Cc2ccc(C)c(O)c2)C2CCN(C)CC2)cc1. The van der Waals surface area contributed by atoms with Crippen molar-refractivity contribution >= 4 is 5.91 Å². The lowest BCUT2D eigenvalue weighted by atomic mass is 10.0. The van der Waals surface area contributed by atoms with E-state index in [0.29, 0.717) is 13.0 Å². The molecule has 1 heterocycles. The lowest BCUT2D eigenvalue weighted by Crippen LogP contribution is -2.46. The number of ether oxygens (including phenoxy) is 1. The van der Waals surface area contributed by atoms with Crippen molar-refractivity contribution in [2.45, 2.75) is 38.8 Å². The topological polar surface area (TPSA) is 53.0 Å². The first-order chi connectivity index (χ1) is 13.5. The first-order valence-corrected chi connectivity index (χ1v) is 9.85. The molecular formula is C23H30N2O3. The summed E-state index contributed by atoms with van der Waals surface area (Å²) in [5, 5.41) is 10.1. The lowest BCUT2D eigenvalue weighted by Gasteiger charge is -2.37. The molecule has 2 aromatic carbocycles. The van der Waals surface area contributed by atoms with Gasteiger partial charge < -0.3 is 19.6 Å². The second kappa shape index (κ2) is 9.11. The number of phenolic OH excluding ortho intramolecular Hbond substituents is 1. The second-order valence-corrected chi connectivity index (χ2v) is 7.70. The number of aryl methyl sites for hydroxylation is 1. The van der Waals surface area contributed by atoms with Crippen LogP contribution in [0.4, 0.5) is 0 Å². The van der Waals surface area contributed by atoms with Gasteiger partial charge in [-0.25, -0.2) is 0 Å². The van der Waals surface area contributed by atoms with Crippen molar-refractivity contribution in [2.75, 3.05) is 27.2 Å². The number of aromatic hydroxyl groups is 1. The number of phenols is 1. The van der Waals surface area contributed by atoms with E-state index in [1.54, 1.807) is 13.2 Å². The summed E-state index contributed by atoms with van der Waals surface area (Å²) in [6.07, 6.45) is 2.32. The molecule has 1 amide bonds. The molecule has 1 aliphatic rings. The fourth-order valence-electron chi connectivity index (χ4n) is 3.70. The van der Waals surface area contributed by atoms with Crippen molar-refractivity contribution in [3.8, 4) is 11.5 Å². The number of carbonyl (C=O) groups is 1. The van der Waals surface area contributed by atoms with Crippen molar-refractivity contribution in [1.29, 1.82) is 0 Å². The van der Waals surface area contributed by atoms with Crippen molar-refractivity contribution in [3.63, 3.8) is 0 Å². The molecule has 0 unspecified atom stereocenters. The summed E-state index contributed by atoms with van der Waals surface area (Å²) in [5.74, 6) is 1.20. The van der Waals surface area contributed by atoms with E-state index in [0.717, 1.165) is 48.4 Å². The number of benzene rings is 2. The Balaban J connectivity index is 1.77. The third-order valence-corrected chi connectivity index (χ3v) is 5.59. The summed E-state index contributed by atoms with van der Waals surface area (Å²) < 4.78 is 5.20. The summed E-state index contributed by atoms with van der Waals surface area (Å²) >= 11 is 0. The van der Waals surface area contributed by atoms with Crippen LogP contribution in [0.15, 0.2) is 42.5 Å². The van der Waals surface area contributed by atoms with E-state index in [4.69, 9.17) is 4.74 Å². The Hall–Kier alpha value is -2.53. The van der Waals surface area contributed by atoms with E-state index in [1.807, 2.05) is 48.2 Å². The molecule has 0 radical (unpaired) electrons. The fourth-order valence-corrected chi connectivity index (χ4v) is 3.70. The van der Waals surface area contributed by atoms with Gasteiger partial charge in [-0.15, -0.1) is 0 Å². The maximum atomic E-state index is 13.2. The molecule has 1 saturated heterocycles. The van der Waals surface area contributed by atoms with Crippen LogP contribution in [-0.2, 0) is 17.8 Å². The van der Waals surface area contributed by atoms with Gasteiger partial charge in [0, 0.05) is 12.6 Å². The van der Waals surface area contributed by atoms with Gasteiger partial charge in [-0.2, -0.15) is 0 Å². The van der Waals surface area contributed by atoms with Gasteiger partial charge in [-0.1, -0.05) is 24.3 Å². The molecule has 0 aromatic heterocycles. The first kappa shape index (κ1) is 20.2. The molecule has 0 saturated carbocycles. The Morgan fingerprint density at radius 2 is 1.79 bits per heavy atom. The molecule has 0 spiro atoms. The first-order valence-electron chi connectivity index (χ1n) is 9.85. The van der Waals surface area contributed by atoms with Gasteiger partial charge in [0.15, 0.2) is 0 Å². The molecule has 28 heavy (non-hydrogen) atoms. The van der Waals surface area contributed by atoms with Crippen molar-refractivity contribution in [2.24, 2.45) is 0 Å². The van der Waals surface area contributed by atoms with Crippen LogP contribution in [0.25, 0.3) is 0 Å². The number of likely N-dealkylation sites (tertiary alicyclic amines) is 1. The number of carbonyl (C=O) groups excluding carboxylic acids is 1. The van der Waals surface area contributed by atoms with E-state index in [2.05, 4.69) is 11.9 Å². The van der Waals surface area contributed by atoms with Crippen molar-refractivity contribution in [3.05, 3.63) is 59.2 Å². The minimum atomic E-state index is 0.125. The summed E-state index contributed by atoms with van der Waals surface area (Å²) in [4.78, 5) is 17.5. The van der Waals surface area contributed by atoms with E-state index in [-0.39, 0.29) is 17.7 Å². The Kier molecular flexibility index (Phi) is 6.57. The summed E-state index contributed by atoms with van der Waals surface area (Å²) in [5.41, 5.74) is 2.79. The Morgan fingerprint density at radius 1 is 1.14 bits per heavy atom. The second-order valence-electron chi connectivity index (χ2n) is 7.70. The van der Waals surface area contributed by atoms with E-state index in [1.165, 1.54) is 0 Å². The highest BCUT2D eigenvalue weighted by Gasteiger charge is 2.27. The van der Waals surface area contributed by atoms with E-state index < -0.39 is 0 Å². The van der Waals surface area contributed by atoms with Gasteiger partial charge in [0.05, 0.1) is 13.5 Å². The molecule has 2 aromatic rings. The van der Waals surface area contributed by atoms with Crippen LogP contribution in [-0.4, -0.2) is 54.1 Å². The predicted molar refractivity (Wildman–Crippen MR) is 111 cm³/mol. The zero-order chi connectivity index (χ0) is 20.1. The molecule has 3 rings (SSSR count). The maximum Gasteiger partial charge on any atom is 0.227 e. The standard InChI is InChI=1S/C23H30N2O3/c1-17-4-5-19(14-22(17)26)16-25(20-10-12-24(2)13-11-20)23(27)15-18-6-8-21(28-3)9-7-18/h4-9,14,20,26H,10-13,15-16H2,1-3H3. The molecule has 1 N–H and O–H groups in total. The average molecular weight is 383 g/mol. The molecule has 150 valence electrons. The molecule has 5 heteroatoms. The number of piperidine rings is 1. The molecule has 1 fully saturated rings. The minimum absolute atomic E-state index is 0.125. The Morgan fingerprint density at radius 3 is 2.39 bits per heavy atom. The zero-order valence-electron chi connectivity index (χ0n) is 17.0. The molecule has 0 aliphatic carbocycles. The number of amides is 1. The minimum Gasteiger partial charge on any atom is -0.508 e. The molecule has 5 nitrogen and oxygen atoms in total. The van der Waals surface area contributed by atoms with Gasteiger partial charge >= 0.3 is 0 Å². The number of nitrogens with zero attached hydrogens (tertiary/aromatic N) is 2. The van der Waals surface area contributed by atoms with Crippen LogP contribution < -0.4 is 4.74 Å². The van der Waals surface area contributed by atoms with Crippen LogP contribution in [0, 0.1) is 6.92 Å². The van der Waals surface area contributed by atoms with Crippen LogP contribution in [0.5, 0.6) is 11.5 Å². The number of rotatable bonds is 6. The van der Waals surface area contributed by atoms with E-state index >= 15 is 0 Å². The zero-order valence-corrected chi connectivity index (χ0v) is 17.0. The van der Waals surface area contributed by atoms with Gasteiger partial charge in [-0.05, 0) is 74.8 Å². The fraction of sp³-hybridized carbons (Fsp3) is 0.435. The highest BCUT2D eigenvalue weighted by molar-refractivity contribution is 5.79. The third-order valence-electron chi connectivity index (χ3n) is 5.59. The van der Waals surface area contributed by atoms with Crippen molar-refractivity contribution in [1.82, 2.24) is 9.80 Å². The smallest absolute Gasteiger partial charge is 0.227 e. The quantitative estimate of drug-likeness (QED) is 0.832. The maximum absolute atomic E-state index is 13.2. The van der Waals surface area contributed by atoms with Gasteiger partial charge in [0.2, 0.25) is 5.91 Å². The molecule has 0 bridgehead atoms. The van der Waals surface area contributed by atoms with E-state index in [9.17, 15) is 9.90 Å². The van der Waals surface area contributed by atoms with Crippen LogP contribution in [0.1, 0.15) is 29.5 Å². The highest BCUT2D eigenvalue weighted by Crippen LogP contribution is 2.23. The van der Waals surface area contributed by atoms with Crippen LogP contribution >= 0.6 is 0 Å². The van der Waals surface area contributed by atoms with Crippen LogP contribution in [0.3, 0.4) is 0 Å². The summed E-state index contributed by atoms with van der Waals surface area (Å²) in [6.45, 7) is 4.39. The molecule has 1 aliphatic heterocycles. The lowest BCUT2D eigenvalue weighted by molar-refractivity contribution is -0.134. The Labute approximate surface area is 167 Å². The molecular weight excluding hydrogens is 352 g/mol. The predicted octanol–water partition coefficient (Wildman–Crippen LogP) is 3.37. The highest BCUT2D eigenvalue weighted by atomic mass is 16.5. The number of hydrogen-bond donors (Lipinski definition) is 1. The Bertz CT molecular complexity index is 796. The van der Waals surface area contributed by atoms with Gasteiger partial charge in [-0.3, -0.25) is 4.79 Å². The monoisotopic (exact) mass is 382 g/mol. The normalized spacial score (nSPS) is 15.4. The van der Waals surface area contributed by atoms with Crippen LogP contribution in [0.2, 0.25) is 0 Å². The van der Waals surface area contributed by atoms with Gasteiger partial charge in [0.1, 0.15) is 11.5 Å². The summed E-state index contributed by atoms with van der Waals surface area (Å²) in [7, 11) is 3.76. The van der Waals surface area contributed by atoms with Crippen molar-refractivity contribution < 1.29 is 14.6 Å². The number of hydrogen-bond acceptors (Lipinski definition) is 4. The summed E-state index contributed by atoms with van der Waals surface area (Å²) in [6, 6.07) is 13.6. The number of methoxy groups -OCH3 is 1. The largest absolute Gasteiger partial charge is 0.508 e. The average Bonchev–Trinajstić information content (AvgIpc) is 2.70.